The summed E-state index contributed by atoms with van der Waals surface area (Å²) < 4.78 is 5.40. The minimum absolute atomic E-state index is 0.155. The van der Waals surface area contributed by atoms with E-state index in [0.717, 1.165) is 25.0 Å². The first-order chi connectivity index (χ1) is 10.7. The van der Waals surface area contributed by atoms with E-state index in [1.165, 1.54) is 37.7 Å². The van der Waals surface area contributed by atoms with Crippen LogP contribution in [0.1, 0.15) is 50.5 Å². The largest absolute Gasteiger partial charge is 0.496 e. The molecule has 0 aliphatic heterocycles. The molecular formula is C20H26O2. The van der Waals surface area contributed by atoms with Crippen molar-refractivity contribution in [2.75, 3.05) is 7.11 Å². The number of allylic oxidation sites excluding steroid dienone is 2. The van der Waals surface area contributed by atoms with E-state index >= 15 is 0 Å². The molecule has 2 nitrogen and oxygen atoms in total. The van der Waals surface area contributed by atoms with Gasteiger partial charge in [0, 0.05) is 12.3 Å². The molecule has 1 aromatic rings. The predicted molar refractivity (Wildman–Crippen MR) is 89.1 cm³/mol. The van der Waals surface area contributed by atoms with E-state index in [2.05, 4.69) is 18.2 Å². The molecule has 1 unspecified atom stereocenters. The van der Waals surface area contributed by atoms with Gasteiger partial charge in [0.15, 0.2) is 0 Å². The minimum atomic E-state index is 0.155. The second-order valence-corrected chi connectivity index (χ2v) is 6.81. The maximum absolute atomic E-state index is 12.3. The van der Waals surface area contributed by atoms with Crippen molar-refractivity contribution >= 4 is 5.78 Å². The van der Waals surface area contributed by atoms with Crippen molar-refractivity contribution in [3.05, 3.63) is 42.0 Å². The highest BCUT2D eigenvalue weighted by atomic mass is 16.5. The van der Waals surface area contributed by atoms with Crippen LogP contribution in [-0.4, -0.2) is 12.9 Å². The molecular weight excluding hydrogens is 272 g/mol. The highest BCUT2D eigenvalue weighted by Gasteiger charge is 2.46. The maximum Gasteiger partial charge on any atom is 0.140 e. The van der Waals surface area contributed by atoms with Crippen molar-refractivity contribution in [3.8, 4) is 5.75 Å². The number of carbonyl (C=O) groups excluding carboxylic acids is 1. The van der Waals surface area contributed by atoms with E-state index in [1.54, 1.807) is 7.11 Å². The lowest BCUT2D eigenvalue weighted by molar-refractivity contribution is -0.121. The zero-order valence-electron chi connectivity index (χ0n) is 13.5. The van der Waals surface area contributed by atoms with Gasteiger partial charge in [0.05, 0.1) is 7.11 Å². The first kappa shape index (κ1) is 15.3. The zero-order valence-corrected chi connectivity index (χ0v) is 13.5. The number of ketones is 1. The number of hydrogen-bond donors (Lipinski definition) is 0. The number of ether oxygens (including phenoxy) is 1. The molecule has 0 amide bonds. The predicted octanol–water partition coefficient (Wildman–Crippen LogP) is 4.72. The van der Waals surface area contributed by atoms with Crippen molar-refractivity contribution in [1.29, 1.82) is 0 Å². The van der Waals surface area contributed by atoms with Gasteiger partial charge in [-0.15, -0.1) is 0 Å². The lowest BCUT2D eigenvalue weighted by Crippen LogP contribution is -2.29. The molecule has 2 aliphatic carbocycles. The van der Waals surface area contributed by atoms with Crippen LogP contribution in [0.3, 0.4) is 0 Å². The van der Waals surface area contributed by atoms with Crippen LogP contribution in [0, 0.1) is 11.3 Å². The Bertz CT molecular complexity index is 553. The standard InChI is InChI=1S/C20H26O2/c1-22-19-11-4-3-8-16(19)9-7-10-17-18(21)12-15-20(17)13-5-2-6-14-20/h3-4,7-8,10-11,17H,2,5-6,9,12-15H2,1H3/b10-7-. The monoisotopic (exact) mass is 298 g/mol. The Kier molecular flexibility index (Phi) is 4.66. The minimum Gasteiger partial charge on any atom is -0.496 e. The van der Waals surface area contributed by atoms with Gasteiger partial charge in [0.25, 0.3) is 0 Å². The Morgan fingerprint density at radius 1 is 1.18 bits per heavy atom. The molecule has 0 heterocycles. The third kappa shape index (κ3) is 2.97. The molecule has 0 aromatic heterocycles. The number of carbonyl (C=O) groups is 1. The van der Waals surface area contributed by atoms with Gasteiger partial charge in [0.2, 0.25) is 0 Å². The molecule has 2 fully saturated rings. The average Bonchev–Trinajstić information content (AvgIpc) is 2.85. The van der Waals surface area contributed by atoms with Crippen LogP contribution in [0.2, 0.25) is 0 Å². The van der Waals surface area contributed by atoms with E-state index in [-0.39, 0.29) is 11.3 Å². The normalized spacial score (nSPS) is 24.2. The summed E-state index contributed by atoms with van der Waals surface area (Å²) in [4.78, 5) is 12.3. The SMILES string of the molecule is COc1ccccc1C/C=C\C1C(=O)CCC12CCCCC2. The van der Waals surface area contributed by atoms with E-state index in [4.69, 9.17) is 4.74 Å². The van der Waals surface area contributed by atoms with Crippen LogP contribution >= 0.6 is 0 Å². The summed E-state index contributed by atoms with van der Waals surface area (Å²) in [6.45, 7) is 0. The number of Topliss-reactive ketones (excluding diaryl/α,β-unsaturated/α-hetero) is 1. The van der Waals surface area contributed by atoms with E-state index < -0.39 is 0 Å². The number of para-hydroxylation sites is 1. The molecule has 0 N–H and O–H groups in total. The van der Waals surface area contributed by atoms with Gasteiger partial charge in [-0.05, 0) is 42.7 Å². The van der Waals surface area contributed by atoms with E-state index in [9.17, 15) is 4.79 Å². The summed E-state index contributed by atoms with van der Waals surface area (Å²) in [7, 11) is 1.71. The van der Waals surface area contributed by atoms with Crippen LogP contribution in [0.4, 0.5) is 0 Å². The fourth-order valence-electron chi connectivity index (χ4n) is 4.36. The van der Waals surface area contributed by atoms with Crippen LogP contribution in [0.25, 0.3) is 0 Å². The van der Waals surface area contributed by atoms with Crippen molar-refractivity contribution in [3.63, 3.8) is 0 Å². The lowest BCUT2D eigenvalue weighted by atomic mass is 9.67. The number of benzene rings is 1. The van der Waals surface area contributed by atoms with Gasteiger partial charge in [-0.25, -0.2) is 0 Å². The molecule has 1 aromatic carbocycles. The molecule has 1 spiro atoms. The Labute approximate surface area is 133 Å². The van der Waals surface area contributed by atoms with Crippen LogP contribution in [0.5, 0.6) is 5.75 Å². The molecule has 0 radical (unpaired) electrons. The van der Waals surface area contributed by atoms with Crippen molar-refractivity contribution in [2.24, 2.45) is 11.3 Å². The Morgan fingerprint density at radius 3 is 2.73 bits per heavy atom. The molecule has 2 heteroatoms. The molecule has 2 aliphatic rings. The van der Waals surface area contributed by atoms with Crippen LogP contribution in [0.15, 0.2) is 36.4 Å². The summed E-state index contributed by atoms with van der Waals surface area (Å²) in [6.07, 6.45) is 13.5. The van der Waals surface area contributed by atoms with Crippen molar-refractivity contribution in [2.45, 2.75) is 51.4 Å². The smallest absolute Gasteiger partial charge is 0.140 e. The van der Waals surface area contributed by atoms with Gasteiger partial charge in [0.1, 0.15) is 11.5 Å². The number of rotatable bonds is 4. The Balaban J connectivity index is 1.71. The van der Waals surface area contributed by atoms with Gasteiger partial charge in [-0.2, -0.15) is 0 Å². The van der Waals surface area contributed by atoms with Gasteiger partial charge in [-0.3, -0.25) is 4.79 Å². The van der Waals surface area contributed by atoms with E-state index in [0.29, 0.717) is 5.78 Å². The summed E-state index contributed by atoms with van der Waals surface area (Å²) in [5.74, 6) is 1.54. The number of hydrogen-bond acceptors (Lipinski definition) is 2. The first-order valence-electron chi connectivity index (χ1n) is 8.56. The maximum atomic E-state index is 12.3. The topological polar surface area (TPSA) is 26.3 Å². The highest BCUT2D eigenvalue weighted by Crippen LogP contribution is 2.51. The van der Waals surface area contributed by atoms with Gasteiger partial charge in [-0.1, -0.05) is 49.6 Å². The van der Waals surface area contributed by atoms with Crippen molar-refractivity contribution < 1.29 is 9.53 Å². The summed E-state index contributed by atoms with van der Waals surface area (Å²) in [5.41, 5.74) is 1.47. The number of methoxy groups -OCH3 is 1. The fourth-order valence-corrected chi connectivity index (χ4v) is 4.36. The molecule has 22 heavy (non-hydrogen) atoms. The second-order valence-electron chi connectivity index (χ2n) is 6.81. The first-order valence-corrected chi connectivity index (χ1v) is 8.56. The molecule has 118 valence electrons. The molecule has 2 saturated carbocycles. The molecule has 0 bridgehead atoms. The van der Waals surface area contributed by atoms with Gasteiger partial charge < -0.3 is 4.74 Å². The highest BCUT2D eigenvalue weighted by molar-refractivity contribution is 5.86. The lowest BCUT2D eigenvalue weighted by Gasteiger charge is -2.37. The molecule has 3 rings (SSSR count). The Hall–Kier alpha value is -1.57. The molecule has 1 atom stereocenters. The second kappa shape index (κ2) is 6.68. The summed E-state index contributed by atoms with van der Waals surface area (Å²) in [6, 6.07) is 8.11. The van der Waals surface area contributed by atoms with Gasteiger partial charge >= 0.3 is 0 Å². The van der Waals surface area contributed by atoms with Crippen molar-refractivity contribution in [1.82, 2.24) is 0 Å². The molecule has 0 saturated heterocycles. The average molecular weight is 298 g/mol. The quantitative estimate of drug-likeness (QED) is 0.752. The fraction of sp³-hybridized carbons (Fsp3) is 0.550. The zero-order chi connectivity index (χ0) is 15.4. The summed E-state index contributed by atoms with van der Waals surface area (Å²) in [5, 5.41) is 0. The van der Waals surface area contributed by atoms with E-state index in [1.807, 2.05) is 18.2 Å². The third-order valence-electron chi connectivity index (χ3n) is 5.58. The Morgan fingerprint density at radius 2 is 1.95 bits per heavy atom. The van der Waals surface area contributed by atoms with Crippen LogP contribution < -0.4 is 4.74 Å². The van der Waals surface area contributed by atoms with Crippen LogP contribution in [-0.2, 0) is 11.2 Å². The summed E-state index contributed by atoms with van der Waals surface area (Å²) >= 11 is 0. The third-order valence-corrected chi connectivity index (χ3v) is 5.58.